The van der Waals surface area contributed by atoms with Gasteiger partial charge in [-0.15, -0.1) is 29.5 Å². The van der Waals surface area contributed by atoms with Crippen LogP contribution in [-0.2, 0) is 25.6 Å². The molecule has 0 radical (unpaired) electrons. The molecule has 0 fully saturated rings. The molecule has 0 atom stereocenters. The first kappa shape index (κ1) is 28.2. The summed E-state index contributed by atoms with van der Waals surface area (Å²) in [5.74, 6) is 0.412. The number of hydrogen-bond acceptors (Lipinski definition) is 9. The van der Waals surface area contributed by atoms with Crippen molar-refractivity contribution in [2.75, 3.05) is 30.0 Å². The van der Waals surface area contributed by atoms with Crippen molar-refractivity contribution in [3.63, 3.8) is 0 Å². The number of aromatic nitrogens is 1. The Morgan fingerprint density at radius 3 is 2.49 bits per heavy atom. The molecule has 1 aromatic carbocycles. The zero-order chi connectivity index (χ0) is 26.9. The van der Waals surface area contributed by atoms with E-state index in [0.717, 1.165) is 33.3 Å². The molecule has 0 saturated carbocycles. The predicted molar refractivity (Wildman–Crippen MR) is 146 cm³/mol. The second-order valence-electron chi connectivity index (χ2n) is 7.39. The molecule has 3 aromatic rings. The summed E-state index contributed by atoms with van der Waals surface area (Å²) in [4.78, 5) is 54.8. The number of terminal acetylenes is 1. The fraction of sp³-hybridized carbons (Fsp3) is 0.320. The van der Waals surface area contributed by atoms with Gasteiger partial charge in [-0.25, -0.2) is 9.59 Å². The number of carbonyl (C=O) groups is 4. The van der Waals surface area contributed by atoms with Crippen LogP contribution in [0.25, 0.3) is 10.2 Å². The number of amides is 2. The fourth-order valence-corrected chi connectivity index (χ4v) is 6.08. The Morgan fingerprint density at radius 1 is 1.08 bits per heavy atom. The van der Waals surface area contributed by atoms with Gasteiger partial charge in [-0.1, -0.05) is 29.4 Å². The minimum absolute atomic E-state index is 0.0278. The number of benzene rings is 1. The molecule has 2 amide bonds. The van der Waals surface area contributed by atoms with Gasteiger partial charge in [0.05, 0.1) is 47.0 Å². The molecule has 0 spiro atoms. The van der Waals surface area contributed by atoms with E-state index in [-0.39, 0.29) is 46.7 Å². The number of fused-ring (bicyclic) bond motifs is 1. The first-order valence-corrected chi connectivity index (χ1v) is 14.0. The summed E-state index contributed by atoms with van der Waals surface area (Å²) in [6, 6.07) is 7.63. The Balaban J connectivity index is 1.69. The maximum absolute atomic E-state index is 12.6. The maximum atomic E-state index is 12.6. The largest absolute Gasteiger partial charge is 0.462 e. The maximum Gasteiger partial charge on any atom is 0.348 e. The average molecular weight is 560 g/mol. The number of nitrogens with one attached hydrogen (secondary N) is 1. The van der Waals surface area contributed by atoms with E-state index in [1.807, 2.05) is 24.3 Å². The molecular formula is C25H25N3O6S3. The van der Waals surface area contributed by atoms with E-state index in [2.05, 4.69) is 16.2 Å². The molecule has 9 nitrogen and oxygen atoms in total. The van der Waals surface area contributed by atoms with Crippen LogP contribution in [0.2, 0.25) is 0 Å². The first-order valence-electron chi connectivity index (χ1n) is 11.2. The van der Waals surface area contributed by atoms with Crippen LogP contribution in [0.3, 0.4) is 0 Å². The standard InChI is InChI=1S/C25H25N3O6S3/c1-5-12-28-16-10-8-9-11-17(16)36-25(28)27-19(30)14-35-13-18(29)26-22-20(23(31)33-6-2)15(4)21(37-22)24(32)34-7-3/h1,8-11H,6-7,12-14H2,2-4H3,(H,26,29). The second kappa shape index (κ2) is 13.2. The summed E-state index contributed by atoms with van der Waals surface area (Å²) in [6.45, 7) is 5.53. The van der Waals surface area contributed by atoms with Crippen molar-refractivity contribution in [1.82, 2.24) is 4.57 Å². The van der Waals surface area contributed by atoms with Gasteiger partial charge in [0.25, 0.3) is 5.91 Å². The Morgan fingerprint density at radius 2 is 1.78 bits per heavy atom. The van der Waals surface area contributed by atoms with Crippen LogP contribution in [0, 0.1) is 19.3 Å². The number of thiophene rings is 1. The summed E-state index contributed by atoms with van der Waals surface area (Å²) in [5.41, 5.74) is 1.39. The molecule has 37 heavy (non-hydrogen) atoms. The second-order valence-corrected chi connectivity index (χ2v) is 10.4. The average Bonchev–Trinajstić information content (AvgIpc) is 3.36. The third-order valence-electron chi connectivity index (χ3n) is 4.86. The topological polar surface area (TPSA) is 116 Å². The van der Waals surface area contributed by atoms with Gasteiger partial charge in [-0.2, -0.15) is 4.99 Å². The number of thiazole rings is 1. The van der Waals surface area contributed by atoms with Gasteiger partial charge in [0.15, 0.2) is 4.80 Å². The molecule has 0 unspecified atom stereocenters. The van der Waals surface area contributed by atoms with Crippen LogP contribution in [0.5, 0.6) is 0 Å². The molecule has 0 saturated heterocycles. The van der Waals surface area contributed by atoms with E-state index in [4.69, 9.17) is 15.9 Å². The zero-order valence-electron chi connectivity index (χ0n) is 20.5. The van der Waals surface area contributed by atoms with Crippen LogP contribution in [0.1, 0.15) is 39.4 Å². The highest BCUT2D eigenvalue weighted by molar-refractivity contribution is 8.00. The van der Waals surface area contributed by atoms with Crippen molar-refractivity contribution in [1.29, 1.82) is 0 Å². The molecule has 2 aromatic heterocycles. The van der Waals surface area contributed by atoms with E-state index in [1.165, 1.54) is 11.3 Å². The summed E-state index contributed by atoms with van der Waals surface area (Å²) in [6.07, 6.45) is 5.48. The molecular weight excluding hydrogens is 534 g/mol. The van der Waals surface area contributed by atoms with E-state index in [9.17, 15) is 19.2 Å². The third kappa shape index (κ3) is 6.88. The number of esters is 2. The van der Waals surface area contributed by atoms with Crippen molar-refractivity contribution in [3.8, 4) is 12.3 Å². The highest BCUT2D eigenvalue weighted by Crippen LogP contribution is 2.34. The van der Waals surface area contributed by atoms with Crippen molar-refractivity contribution in [3.05, 3.63) is 45.1 Å². The summed E-state index contributed by atoms with van der Waals surface area (Å²) >= 11 is 3.39. The van der Waals surface area contributed by atoms with Crippen LogP contribution < -0.4 is 10.1 Å². The van der Waals surface area contributed by atoms with Gasteiger partial charge in [0.2, 0.25) is 5.91 Å². The molecule has 0 bridgehead atoms. The van der Waals surface area contributed by atoms with E-state index >= 15 is 0 Å². The summed E-state index contributed by atoms with van der Waals surface area (Å²) in [5, 5.41) is 2.85. The lowest BCUT2D eigenvalue weighted by Gasteiger charge is -2.06. The summed E-state index contributed by atoms with van der Waals surface area (Å²) < 4.78 is 12.9. The number of thioether (sulfide) groups is 1. The van der Waals surface area contributed by atoms with Crippen molar-refractivity contribution in [2.45, 2.75) is 27.3 Å². The SMILES string of the molecule is C#CCn1c(=NC(=O)CSCC(=O)Nc2sc(C(=O)OCC)c(C)c2C(=O)OCC)sc2ccccc21. The molecule has 194 valence electrons. The van der Waals surface area contributed by atoms with Crippen LogP contribution in [0.4, 0.5) is 5.00 Å². The van der Waals surface area contributed by atoms with Gasteiger partial charge in [-0.3, -0.25) is 9.59 Å². The van der Waals surface area contributed by atoms with Crippen LogP contribution >= 0.6 is 34.4 Å². The van der Waals surface area contributed by atoms with Gasteiger partial charge < -0.3 is 19.4 Å². The Kier molecular flexibility index (Phi) is 10.1. The lowest BCUT2D eigenvalue weighted by atomic mass is 10.1. The third-order valence-corrected chi connectivity index (χ3v) is 8.02. The van der Waals surface area contributed by atoms with Crippen molar-refractivity contribution < 1.29 is 28.7 Å². The van der Waals surface area contributed by atoms with Gasteiger partial charge in [0, 0.05) is 0 Å². The van der Waals surface area contributed by atoms with Crippen LogP contribution in [-0.4, -0.2) is 53.0 Å². The number of hydrogen-bond donors (Lipinski definition) is 1. The van der Waals surface area contributed by atoms with Crippen molar-refractivity contribution >= 4 is 73.4 Å². The Hall–Kier alpha value is -3.40. The van der Waals surface area contributed by atoms with E-state index < -0.39 is 23.8 Å². The molecule has 3 rings (SSSR count). The molecule has 0 aliphatic rings. The molecule has 12 heteroatoms. The number of rotatable bonds is 10. The normalized spacial score (nSPS) is 11.2. The van der Waals surface area contributed by atoms with Gasteiger partial charge in [-0.05, 0) is 38.5 Å². The predicted octanol–water partition coefficient (Wildman–Crippen LogP) is 3.86. The minimum atomic E-state index is -0.646. The monoisotopic (exact) mass is 559 g/mol. The number of ether oxygens (including phenoxy) is 2. The molecule has 1 N–H and O–H groups in total. The van der Waals surface area contributed by atoms with Gasteiger partial charge in [0.1, 0.15) is 9.88 Å². The highest BCUT2D eigenvalue weighted by atomic mass is 32.2. The van der Waals surface area contributed by atoms with Crippen molar-refractivity contribution in [2.24, 2.45) is 4.99 Å². The van der Waals surface area contributed by atoms with Gasteiger partial charge >= 0.3 is 11.9 Å². The number of nitrogens with zero attached hydrogens (tertiary/aromatic N) is 2. The quantitative estimate of drug-likeness (QED) is 0.296. The summed E-state index contributed by atoms with van der Waals surface area (Å²) in [7, 11) is 0. The number of para-hydroxylation sites is 1. The van der Waals surface area contributed by atoms with E-state index in [1.54, 1.807) is 25.3 Å². The minimum Gasteiger partial charge on any atom is -0.462 e. The number of anilines is 1. The highest BCUT2D eigenvalue weighted by Gasteiger charge is 2.27. The fourth-order valence-electron chi connectivity index (χ4n) is 3.32. The molecule has 0 aliphatic carbocycles. The van der Waals surface area contributed by atoms with E-state index in [0.29, 0.717) is 10.4 Å². The zero-order valence-corrected chi connectivity index (χ0v) is 22.9. The molecule has 0 aliphatic heterocycles. The Labute approximate surface area is 225 Å². The number of carbonyl (C=O) groups excluding carboxylic acids is 4. The lowest BCUT2D eigenvalue weighted by Crippen LogP contribution is -2.19. The smallest absolute Gasteiger partial charge is 0.348 e. The Bertz CT molecular complexity index is 1440. The molecule has 2 heterocycles. The lowest BCUT2D eigenvalue weighted by molar-refractivity contribution is -0.115. The van der Waals surface area contributed by atoms with Crippen LogP contribution in [0.15, 0.2) is 29.3 Å². The first-order chi connectivity index (χ1) is 17.8.